The minimum Gasteiger partial charge on any atom is -0.308 e. The predicted octanol–water partition coefficient (Wildman–Crippen LogP) is 12.2. The number of fused-ring (bicyclic) bond motifs is 6. The fraction of sp³-hybridized carbons (Fsp3) is 0. The van der Waals surface area contributed by atoms with Crippen LogP contribution in [0.25, 0.3) is 60.2 Å². The van der Waals surface area contributed by atoms with Gasteiger partial charge >= 0.3 is 0 Å². The number of rotatable bonds is 5. The standard InChI is InChI=1S/C44H30N2/c1-3-17-36(18-4-1)45(38-21-11-16-34(30-38)35-26-25-31-13-7-8-15-33(31)29-35)42-24-12-23-40-41-28-27-32-14-9-10-22-39(32)43(41)46(44(40)42)37-19-5-2-6-20-37/h1-30H. The average molecular weight is 587 g/mol. The summed E-state index contributed by atoms with van der Waals surface area (Å²) in [7, 11) is 0. The topological polar surface area (TPSA) is 8.17 Å². The lowest BCUT2D eigenvalue weighted by molar-refractivity contribution is 1.17. The molecule has 0 saturated carbocycles. The molecule has 0 atom stereocenters. The van der Waals surface area contributed by atoms with Crippen LogP contribution in [0.3, 0.4) is 0 Å². The summed E-state index contributed by atoms with van der Waals surface area (Å²) in [5.41, 5.74) is 9.29. The van der Waals surface area contributed by atoms with Gasteiger partial charge in [-0.05, 0) is 75.8 Å². The zero-order valence-corrected chi connectivity index (χ0v) is 25.2. The van der Waals surface area contributed by atoms with E-state index in [1.165, 1.54) is 54.5 Å². The number of hydrogen-bond acceptors (Lipinski definition) is 1. The van der Waals surface area contributed by atoms with E-state index in [2.05, 4.69) is 191 Å². The minimum absolute atomic E-state index is 1.11. The Morgan fingerprint density at radius 3 is 1.80 bits per heavy atom. The van der Waals surface area contributed by atoms with Crippen molar-refractivity contribution < 1.29 is 0 Å². The molecule has 0 aliphatic heterocycles. The molecule has 9 aromatic rings. The van der Waals surface area contributed by atoms with Crippen LogP contribution in [0.5, 0.6) is 0 Å². The third-order valence-electron chi connectivity index (χ3n) is 9.11. The molecule has 0 aliphatic carbocycles. The first-order valence-electron chi connectivity index (χ1n) is 15.8. The molecular formula is C44H30N2. The van der Waals surface area contributed by atoms with Crippen molar-refractivity contribution in [3.63, 3.8) is 0 Å². The van der Waals surface area contributed by atoms with E-state index in [0.29, 0.717) is 0 Å². The van der Waals surface area contributed by atoms with E-state index < -0.39 is 0 Å². The van der Waals surface area contributed by atoms with E-state index in [0.717, 1.165) is 22.7 Å². The summed E-state index contributed by atoms with van der Waals surface area (Å²) in [5, 5.41) is 7.46. The molecule has 8 aromatic carbocycles. The molecule has 0 amide bonds. The normalized spacial score (nSPS) is 11.5. The second kappa shape index (κ2) is 10.8. The lowest BCUT2D eigenvalue weighted by Gasteiger charge is -2.27. The predicted molar refractivity (Wildman–Crippen MR) is 196 cm³/mol. The molecule has 0 aliphatic rings. The van der Waals surface area contributed by atoms with Gasteiger partial charge in [-0.3, -0.25) is 0 Å². The van der Waals surface area contributed by atoms with Crippen LogP contribution in [0, 0.1) is 0 Å². The Hall–Kier alpha value is -6.12. The molecular weight excluding hydrogens is 556 g/mol. The van der Waals surface area contributed by atoms with Crippen molar-refractivity contribution in [2.45, 2.75) is 0 Å². The Morgan fingerprint density at radius 2 is 0.957 bits per heavy atom. The molecule has 2 heteroatoms. The molecule has 2 nitrogen and oxygen atoms in total. The molecule has 46 heavy (non-hydrogen) atoms. The number of aromatic nitrogens is 1. The molecule has 0 fully saturated rings. The largest absolute Gasteiger partial charge is 0.308 e. The Morgan fingerprint density at radius 1 is 0.348 bits per heavy atom. The maximum atomic E-state index is 2.46. The highest BCUT2D eigenvalue weighted by Crippen LogP contribution is 2.45. The van der Waals surface area contributed by atoms with Gasteiger partial charge in [-0.25, -0.2) is 0 Å². The molecule has 0 spiro atoms. The average Bonchev–Trinajstić information content (AvgIpc) is 3.48. The molecule has 0 saturated heterocycles. The van der Waals surface area contributed by atoms with Crippen molar-refractivity contribution in [1.29, 1.82) is 0 Å². The van der Waals surface area contributed by atoms with E-state index in [1.807, 2.05) is 0 Å². The molecule has 9 rings (SSSR count). The number of benzene rings is 8. The quantitative estimate of drug-likeness (QED) is 0.195. The van der Waals surface area contributed by atoms with Gasteiger partial charge in [0.05, 0.1) is 16.7 Å². The van der Waals surface area contributed by atoms with Crippen LogP contribution in [-0.4, -0.2) is 4.57 Å². The summed E-state index contributed by atoms with van der Waals surface area (Å²) in [6.07, 6.45) is 0. The van der Waals surface area contributed by atoms with Gasteiger partial charge < -0.3 is 9.47 Å². The van der Waals surface area contributed by atoms with Crippen LogP contribution in [0.15, 0.2) is 182 Å². The van der Waals surface area contributed by atoms with Gasteiger partial charge in [0.1, 0.15) is 0 Å². The van der Waals surface area contributed by atoms with Crippen LogP contribution in [0.4, 0.5) is 17.1 Å². The van der Waals surface area contributed by atoms with Crippen LogP contribution in [0.2, 0.25) is 0 Å². The summed E-state index contributed by atoms with van der Waals surface area (Å²) in [5.74, 6) is 0. The summed E-state index contributed by atoms with van der Waals surface area (Å²) < 4.78 is 2.46. The minimum atomic E-state index is 1.11. The van der Waals surface area contributed by atoms with Crippen LogP contribution < -0.4 is 4.90 Å². The van der Waals surface area contributed by atoms with Crippen molar-refractivity contribution in [3.8, 4) is 16.8 Å². The molecule has 1 heterocycles. The summed E-state index contributed by atoms with van der Waals surface area (Å²) >= 11 is 0. The van der Waals surface area contributed by atoms with E-state index in [4.69, 9.17) is 0 Å². The van der Waals surface area contributed by atoms with Crippen molar-refractivity contribution >= 4 is 60.4 Å². The van der Waals surface area contributed by atoms with Gasteiger partial charge in [-0.2, -0.15) is 0 Å². The van der Waals surface area contributed by atoms with Crippen molar-refractivity contribution in [2.24, 2.45) is 0 Å². The number of nitrogens with zero attached hydrogens (tertiary/aromatic N) is 2. The summed E-state index contributed by atoms with van der Waals surface area (Å²) in [4.78, 5) is 2.41. The van der Waals surface area contributed by atoms with Crippen LogP contribution in [-0.2, 0) is 0 Å². The zero-order valence-electron chi connectivity index (χ0n) is 25.2. The third-order valence-corrected chi connectivity index (χ3v) is 9.11. The number of hydrogen-bond donors (Lipinski definition) is 0. The zero-order chi connectivity index (χ0) is 30.5. The lowest BCUT2D eigenvalue weighted by atomic mass is 10.0. The second-order valence-electron chi connectivity index (χ2n) is 11.8. The van der Waals surface area contributed by atoms with Gasteiger partial charge in [-0.15, -0.1) is 0 Å². The van der Waals surface area contributed by atoms with E-state index in [-0.39, 0.29) is 0 Å². The maximum Gasteiger partial charge on any atom is 0.0782 e. The molecule has 216 valence electrons. The first kappa shape index (κ1) is 26.3. The first-order chi connectivity index (χ1) is 22.8. The fourth-order valence-corrected chi connectivity index (χ4v) is 7.02. The van der Waals surface area contributed by atoms with Gasteiger partial charge in [0.25, 0.3) is 0 Å². The molecule has 0 N–H and O–H groups in total. The van der Waals surface area contributed by atoms with Crippen LogP contribution >= 0.6 is 0 Å². The lowest BCUT2D eigenvalue weighted by Crippen LogP contribution is -2.11. The van der Waals surface area contributed by atoms with Gasteiger partial charge in [0.2, 0.25) is 0 Å². The van der Waals surface area contributed by atoms with Crippen molar-refractivity contribution in [1.82, 2.24) is 4.57 Å². The smallest absolute Gasteiger partial charge is 0.0782 e. The fourth-order valence-electron chi connectivity index (χ4n) is 7.02. The Labute approximate surface area is 268 Å². The maximum absolute atomic E-state index is 2.46. The molecule has 1 aromatic heterocycles. The molecule has 0 unspecified atom stereocenters. The Balaban J connectivity index is 1.35. The second-order valence-corrected chi connectivity index (χ2v) is 11.8. The van der Waals surface area contributed by atoms with E-state index >= 15 is 0 Å². The third kappa shape index (κ3) is 4.27. The highest BCUT2D eigenvalue weighted by Gasteiger charge is 2.22. The number of anilines is 3. The van der Waals surface area contributed by atoms with Crippen molar-refractivity contribution in [2.75, 3.05) is 4.90 Å². The Bertz CT molecular complexity index is 2530. The highest BCUT2D eigenvalue weighted by molar-refractivity contribution is 6.21. The van der Waals surface area contributed by atoms with E-state index in [1.54, 1.807) is 0 Å². The summed E-state index contributed by atoms with van der Waals surface area (Å²) in [6, 6.07) is 65.7. The SMILES string of the molecule is c1ccc(N(c2cccc(-c3ccc4ccccc4c3)c2)c2cccc3c4ccc5ccccc5c4n(-c4ccccc4)c23)cc1. The van der Waals surface area contributed by atoms with E-state index in [9.17, 15) is 0 Å². The van der Waals surface area contributed by atoms with Crippen molar-refractivity contribution in [3.05, 3.63) is 182 Å². The van der Waals surface area contributed by atoms with Gasteiger partial charge in [0.15, 0.2) is 0 Å². The molecule has 0 radical (unpaired) electrons. The van der Waals surface area contributed by atoms with Gasteiger partial charge in [0, 0.05) is 33.2 Å². The Kier molecular flexibility index (Phi) is 6.17. The van der Waals surface area contributed by atoms with Gasteiger partial charge in [-0.1, -0.05) is 133 Å². The monoisotopic (exact) mass is 586 g/mol. The first-order valence-corrected chi connectivity index (χ1v) is 15.8. The van der Waals surface area contributed by atoms with Crippen LogP contribution in [0.1, 0.15) is 0 Å². The molecule has 0 bridgehead atoms. The highest BCUT2D eigenvalue weighted by atomic mass is 15.2. The number of para-hydroxylation sites is 3. The summed E-state index contributed by atoms with van der Waals surface area (Å²) in [6.45, 7) is 0.